The summed E-state index contributed by atoms with van der Waals surface area (Å²) >= 11 is 17.5. The molecule has 2 aromatic rings. The summed E-state index contributed by atoms with van der Waals surface area (Å²) in [6, 6.07) is 1.42. The number of esters is 2. The van der Waals surface area contributed by atoms with E-state index in [2.05, 4.69) is 4.98 Å². The number of hydrogen-bond acceptors (Lipinski definition) is 6. The van der Waals surface area contributed by atoms with Gasteiger partial charge in [-0.1, -0.05) is 34.8 Å². The van der Waals surface area contributed by atoms with Gasteiger partial charge in [0.15, 0.2) is 18.1 Å². The van der Waals surface area contributed by atoms with E-state index in [0.717, 1.165) is 0 Å². The topological polar surface area (TPSA) is 78.6 Å². The lowest BCUT2D eigenvalue weighted by Crippen LogP contribution is -2.11. The summed E-state index contributed by atoms with van der Waals surface area (Å²) in [6.45, 7) is 1.60. The molecule has 0 aliphatic carbocycles. The molecule has 122 valence electrons. The molecule has 0 spiro atoms. The normalized spacial score (nSPS) is 10.4. The molecule has 0 atom stereocenters. The number of pyridine rings is 1. The molecule has 6 nitrogen and oxygen atoms in total. The minimum Gasteiger partial charge on any atom is -0.465 e. The number of rotatable bonds is 5. The monoisotopic (exact) mass is 377 g/mol. The zero-order valence-corrected chi connectivity index (χ0v) is 14.0. The van der Waals surface area contributed by atoms with Gasteiger partial charge in [0, 0.05) is 6.20 Å². The van der Waals surface area contributed by atoms with Crippen molar-refractivity contribution in [2.45, 2.75) is 13.5 Å². The Morgan fingerprint density at radius 2 is 1.91 bits per heavy atom. The van der Waals surface area contributed by atoms with Gasteiger partial charge in [-0.05, 0) is 13.0 Å². The van der Waals surface area contributed by atoms with Crippen LogP contribution in [-0.4, -0.2) is 23.5 Å². The Kier molecular flexibility index (Phi) is 5.87. The average molecular weight is 379 g/mol. The van der Waals surface area contributed by atoms with Crippen LogP contribution < -0.4 is 0 Å². The lowest BCUT2D eigenvalue weighted by atomic mass is 10.2. The molecule has 0 radical (unpaired) electrons. The van der Waals surface area contributed by atoms with Crippen molar-refractivity contribution < 1.29 is 23.5 Å². The van der Waals surface area contributed by atoms with Crippen LogP contribution in [0.1, 0.15) is 33.5 Å². The Morgan fingerprint density at radius 3 is 2.61 bits per heavy atom. The summed E-state index contributed by atoms with van der Waals surface area (Å²) in [5.41, 5.74) is -0.0156. The van der Waals surface area contributed by atoms with E-state index in [1.165, 1.54) is 18.5 Å². The van der Waals surface area contributed by atoms with Crippen LogP contribution in [0.2, 0.25) is 15.1 Å². The van der Waals surface area contributed by atoms with Crippen LogP contribution in [0.3, 0.4) is 0 Å². The number of aromatic nitrogens is 1. The van der Waals surface area contributed by atoms with Crippen molar-refractivity contribution in [1.82, 2.24) is 4.98 Å². The van der Waals surface area contributed by atoms with E-state index in [-0.39, 0.29) is 45.3 Å². The molecular formula is C14H10Cl3NO5. The maximum Gasteiger partial charge on any atom is 0.358 e. The summed E-state index contributed by atoms with van der Waals surface area (Å²) < 4.78 is 15.0. The standard InChI is InChI=1S/C14H10Cl3NO5/c1-2-21-13(19)7-3-4-22-9(7)6-23-14(20)12-11(17)10(16)8(15)5-18-12/h3-5H,2,6H2,1H3. The number of furan rings is 1. The number of nitrogens with zero attached hydrogens (tertiary/aromatic N) is 1. The van der Waals surface area contributed by atoms with Gasteiger partial charge < -0.3 is 13.9 Å². The Morgan fingerprint density at radius 1 is 1.17 bits per heavy atom. The fourth-order valence-corrected chi connectivity index (χ4v) is 2.19. The van der Waals surface area contributed by atoms with E-state index in [1.54, 1.807) is 6.92 Å². The van der Waals surface area contributed by atoms with Gasteiger partial charge in [-0.2, -0.15) is 0 Å². The highest BCUT2D eigenvalue weighted by Crippen LogP contribution is 2.31. The van der Waals surface area contributed by atoms with E-state index in [0.29, 0.717) is 0 Å². The second-order valence-corrected chi connectivity index (χ2v) is 5.30. The number of carbonyl (C=O) groups excluding carboxylic acids is 2. The first-order valence-electron chi connectivity index (χ1n) is 6.35. The highest BCUT2D eigenvalue weighted by Gasteiger charge is 2.21. The second-order valence-electron chi connectivity index (χ2n) is 4.14. The van der Waals surface area contributed by atoms with Crippen LogP contribution in [0.5, 0.6) is 0 Å². The zero-order chi connectivity index (χ0) is 17.0. The largest absolute Gasteiger partial charge is 0.465 e. The summed E-state index contributed by atoms with van der Waals surface area (Å²) in [5.74, 6) is -1.26. The first-order valence-corrected chi connectivity index (χ1v) is 7.49. The summed E-state index contributed by atoms with van der Waals surface area (Å²) in [4.78, 5) is 27.5. The van der Waals surface area contributed by atoms with Crippen LogP contribution in [0.4, 0.5) is 0 Å². The van der Waals surface area contributed by atoms with E-state index >= 15 is 0 Å². The molecule has 0 aromatic carbocycles. The third-order valence-corrected chi connectivity index (χ3v) is 3.93. The summed E-state index contributed by atoms with van der Waals surface area (Å²) in [6.07, 6.45) is 2.48. The zero-order valence-electron chi connectivity index (χ0n) is 11.8. The van der Waals surface area contributed by atoms with Gasteiger partial charge in [0.1, 0.15) is 5.56 Å². The van der Waals surface area contributed by atoms with Crippen molar-refractivity contribution in [3.8, 4) is 0 Å². The first-order chi connectivity index (χ1) is 11.0. The molecule has 0 N–H and O–H groups in total. The lowest BCUT2D eigenvalue weighted by molar-refractivity contribution is 0.0417. The van der Waals surface area contributed by atoms with Crippen molar-refractivity contribution >= 4 is 46.7 Å². The number of hydrogen-bond donors (Lipinski definition) is 0. The maximum absolute atomic E-state index is 12.0. The van der Waals surface area contributed by atoms with Gasteiger partial charge in [0.2, 0.25) is 0 Å². The summed E-state index contributed by atoms with van der Waals surface area (Å²) in [5, 5.41) is -0.00132. The molecule has 0 aliphatic heterocycles. The van der Waals surface area contributed by atoms with Gasteiger partial charge in [0.05, 0.1) is 27.9 Å². The molecule has 0 amide bonds. The van der Waals surface area contributed by atoms with E-state index in [1.807, 2.05) is 0 Å². The Hall–Kier alpha value is -1.76. The molecule has 0 fully saturated rings. The first kappa shape index (κ1) is 17.6. The van der Waals surface area contributed by atoms with Crippen LogP contribution in [0.25, 0.3) is 0 Å². The van der Waals surface area contributed by atoms with E-state index in [4.69, 9.17) is 48.7 Å². The minimum absolute atomic E-state index is 0.000458. The molecule has 0 unspecified atom stereocenters. The van der Waals surface area contributed by atoms with Crippen LogP contribution in [0, 0.1) is 0 Å². The van der Waals surface area contributed by atoms with Gasteiger partial charge in [0.25, 0.3) is 0 Å². The van der Waals surface area contributed by atoms with Gasteiger partial charge in [-0.15, -0.1) is 0 Å². The Balaban J connectivity index is 2.10. The Bertz CT molecular complexity index is 744. The van der Waals surface area contributed by atoms with Crippen molar-refractivity contribution in [1.29, 1.82) is 0 Å². The number of ether oxygens (including phenoxy) is 2. The molecule has 0 bridgehead atoms. The molecule has 0 saturated carbocycles. The van der Waals surface area contributed by atoms with Crippen LogP contribution in [0.15, 0.2) is 22.9 Å². The van der Waals surface area contributed by atoms with Crippen molar-refractivity contribution in [2.24, 2.45) is 0 Å². The molecule has 0 saturated heterocycles. The minimum atomic E-state index is -0.834. The Labute approximate surface area is 146 Å². The third-order valence-electron chi connectivity index (χ3n) is 2.69. The van der Waals surface area contributed by atoms with Gasteiger partial charge >= 0.3 is 11.9 Å². The molecular weight excluding hydrogens is 369 g/mol. The smallest absolute Gasteiger partial charge is 0.358 e. The fourth-order valence-electron chi connectivity index (χ4n) is 1.63. The van der Waals surface area contributed by atoms with Crippen molar-refractivity contribution in [3.05, 3.63) is 50.6 Å². The molecule has 2 rings (SSSR count). The van der Waals surface area contributed by atoms with Crippen molar-refractivity contribution in [2.75, 3.05) is 6.61 Å². The van der Waals surface area contributed by atoms with Gasteiger partial charge in [-0.25, -0.2) is 14.6 Å². The third kappa shape index (κ3) is 3.96. The molecule has 9 heteroatoms. The SMILES string of the molecule is CCOC(=O)c1ccoc1COC(=O)c1ncc(Cl)c(Cl)c1Cl. The van der Waals surface area contributed by atoms with Gasteiger partial charge in [-0.3, -0.25) is 0 Å². The molecule has 23 heavy (non-hydrogen) atoms. The maximum atomic E-state index is 12.0. The lowest BCUT2D eigenvalue weighted by Gasteiger charge is -2.07. The van der Waals surface area contributed by atoms with E-state index in [9.17, 15) is 9.59 Å². The molecule has 2 aromatic heterocycles. The fraction of sp³-hybridized carbons (Fsp3) is 0.214. The predicted molar refractivity (Wildman–Crippen MR) is 83.1 cm³/mol. The predicted octanol–water partition coefficient (Wildman–Crippen LogP) is 4.17. The highest BCUT2D eigenvalue weighted by atomic mass is 35.5. The van der Waals surface area contributed by atoms with E-state index < -0.39 is 11.9 Å². The number of halogens is 3. The second kappa shape index (κ2) is 7.68. The summed E-state index contributed by atoms with van der Waals surface area (Å²) in [7, 11) is 0. The average Bonchev–Trinajstić information content (AvgIpc) is 2.99. The van der Waals surface area contributed by atoms with Crippen LogP contribution >= 0.6 is 34.8 Å². The number of carbonyl (C=O) groups is 2. The van der Waals surface area contributed by atoms with Crippen molar-refractivity contribution in [3.63, 3.8) is 0 Å². The van der Waals surface area contributed by atoms with Crippen LogP contribution in [-0.2, 0) is 16.1 Å². The quantitative estimate of drug-likeness (QED) is 0.727. The molecule has 2 heterocycles. The highest BCUT2D eigenvalue weighted by molar-refractivity contribution is 6.48. The molecule has 0 aliphatic rings.